The Labute approximate surface area is 442 Å². The van der Waals surface area contributed by atoms with Crippen LogP contribution < -0.4 is 0 Å². The van der Waals surface area contributed by atoms with Gasteiger partial charge in [-0.05, 0) is 145 Å². The van der Waals surface area contributed by atoms with Crippen molar-refractivity contribution in [2.24, 2.45) is 0 Å². The summed E-state index contributed by atoms with van der Waals surface area (Å²) in [5.41, 5.74) is 14.9. The normalized spacial score (nSPS) is 9.69. The molecule has 0 aliphatic carbocycles. The van der Waals surface area contributed by atoms with Crippen molar-refractivity contribution in [1.29, 1.82) is 0 Å². The summed E-state index contributed by atoms with van der Waals surface area (Å²) < 4.78 is 18.2. The minimum atomic E-state index is 0.464. The van der Waals surface area contributed by atoms with E-state index in [0.29, 0.717) is 35.3 Å². The Morgan fingerprint density at radius 3 is 0.486 bits per heavy atom. The molecule has 0 radical (unpaired) electrons. The van der Waals surface area contributed by atoms with Crippen LogP contribution in [-0.2, 0) is 0 Å². The Kier molecular flexibility index (Phi) is 26.2. The van der Waals surface area contributed by atoms with E-state index in [1.54, 1.807) is 0 Å². The fourth-order valence-electron chi connectivity index (χ4n) is 7.00. The van der Waals surface area contributed by atoms with Crippen LogP contribution in [0, 0.1) is 20.8 Å². The lowest BCUT2D eigenvalue weighted by Crippen LogP contribution is -1.88. The van der Waals surface area contributed by atoms with Crippen molar-refractivity contribution in [3.63, 3.8) is 0 Å². The van der Waals surface area contributed by atoms with E-state index in [0.717, 1.165) is 66.8 Å². The third-order valence-corrected chi connectivity index (χ3v) is 10.5. The van der Waals surface area contributed by atoms with Crippen LogP contribution in [0.1, 0.15) is 114 Å². The third kappa shape index (κ3) is 15.7. The standard InChI is InChI=1S/C51H36N6O3.7C2H6/c1-31-4-10-37(11-5-31)46-52-55-49(58-46)40-22-16-34(17-23-40)43-28-44(35-18-24-41(25-19-35)50-56-53-47(59-50)38-12-6-32(2)7-13-38)30-45(29-43)36-20-26-42(27-21-36)51-57-54-48(60-51)39-14-8-33(3)9-15-39;7*1-2/h4-30H,1-3H3;7*1-2H3. The molecule has 0 saturated carbocycles. The summed E-state index contributed by atoms with van der Waals surface area (Å²) in [6, 6.07) is 55.4. The molecule has 74 heavy (non-hydrogen) atoms. The lowest BCUT2D eigenvalue weighted by atomic mass is 9.92. The van der Waals surface area contributed by atoms with Gasteiger partial charge in [0.25, 0.3) is 0 Å². The second-order valence-electron chi connectivity index (χ2n) is 14.9. The number of aryl methyl sites for hydroxylation is 3. The molecule has 0 spiro atoms. The maximum atomic E-state index is 6.08. The zero-order valence-electron chi connectivity index (χ0n) is 47.0. The maximum absolute atomic E-state index is 6.08. The minimum absolute atomic E-state index is 0.464. The average Bonchev–Trinajstić information content (AvgIpc) is 4.31. The number of nitrogens with zero attached hydrogens (tertiary/aromatic N) is 6. The quantitative estimate of drug-likeness (QED) is 0.139. The van der Waals surface area contributed by atoms with Gasteiger partial charge in [-0.25, -0.2) is 0 Å². The lowest BCUT2D eigenvalue weighted by molar-refractivity contribution is 0.584. The smallest absolute Gasteiger partial charge is 0.248 e. The molecule has 7 aromatic carbocycles. The molecular weight excluding hydrogens is 913 g/mol. The molecule has 386 valence electrons. The van der Waals surface area contributed by atoms with E-state index in [2.05, 4.69) is 106 Å². The molecule has 9 heteroatoms. The second-order valence-corrected chi connectivity index (χ2v) is 14.9. The van der Waals surface area contributed by atoms with Crippen LogP contribution in [0.3, 0.4) is 0 Å². The second kappa shape index (κ2) is 32.1. The number of benzene rings is 7. The van der Waals surface area contributed by atoms with Gasteiger partial charge in [0.15, 0.2) is 0 Å². The fourth-order valence-corrected chi connectivity index (χ4v) is 7.00. The summed E-state index contributed by atoms with van der Waals surface area (Å²) >= 11 is 0. The molecule has 10 rings (SSSR count). The Morgan fingerprint density at radius 1 is 0.189 bits per heavy atom. The van der Waals surface area contributed by atoms with Crippen molar-refractivity contribution in [3.05, 3.63) is 180 Å². The van der Waals surface area contributed by atoms with Gasteiger partial charge in [0.05, 0.1) is 0 Å². The van der Waals surface area contributed by atoms with E-state index < -0.39 is 0 Å². The van der Waals surface area contributed by atoms with Crippen molar-refractivity contribution >= 4 is 0 Å². The molecule has 3 aromatic heterocycles. The number of aromatic nitrogens is 6. The first kappa shape index (κ1) is 60.3. The molecule has 10 aromatic rings. The van der Waals surface area contributed by atoms with Gasteiger partial charge in [0.2, 0.25) is 35.3 Å². The van der Waals surface area contributed by atoms with Crippen molar-refractivity contribution < 1.29 is 13.3 Å². The summed E-state index contributed by atoms with van der Waals surface area (Å²) in [4.78, 5) is 0. The number of hydrogen-bond acceptors (Lipinski definition) is 9. The Bertz CT molecular complexity index is 2730. The van der Waals surface area contributed by atoms with E-state index >= 15 is 0 Å². The maximum Gasteiger partial charge on any atom is 0.248 e. The zero-order valence-corrected chi connectivity index (χ0v) is 47.0. The van der Waals surface area contributed by atoms with Gasteiger partial charge < -0.3 is 13.3 Å². The molecular formula is C65H78N6O3. The Balaban J connectivity index is 0.000000955. The first-order valence-corrected chi connectivity index (χ1v) is 26.6. The Hall–Kier alpha value is -8.04. The Morgan fingerprint density at radius 2 is 0.324 bits per heavy atom. The number of hydrogen-bond donors (Lipinski definition) is 0. The van der Waals surface area contributed by atoms with Gasteiger partial charge in [-0.15, -0.1) is 30.6 Å². The largest absolute Gasteiger partial charge is 0.416 e. The summed E-state index contributed by atoms with van der Waals surface area (Å²) in [6.45, 7) is 34.2. The molecule has 9 nitrogen and oxygen atoms in total. The van der Waals surface area contributed by atoms with E-state index in [1.165, 1.54) is 16.7 Å². The average molecular weight is 991 g/mol. The molecule has 0 aliphatic rings. The molecule has 0 atom stereocenters. The SMILES string of the molecule is CC.CC.CC.CC.CC.CC.CC.Cc1ccc(-c2nnc(-c3ccc(-c4cc(-c5ccc(-c6nnc(-c7ccc(C)cc7)o6)cc5)cc(-c5ccc(-c6nnc(-c7ccc(C)cc7)o6)cc5)c4)cc3)o2)cc1. The van der Waals surface area contributed by atoms with Crippen molar-refractivity contribution in [2.45, 2.75) is 118 Å². The number of rotatable bonds is 9. The van der Waals surface area contributed by atoms with Gasteiger partial charge in [-0.2, -0.15) is 0 Å². The molecule has 0 amide bonds. The van der Waals surface area contributed by atoms with Crippen LogP contribution in [0.4, 0.5) is 0 Å². The first-order chi connectivity index (χ1) is 36.4. The summed E-state index contributed by atoms with van der Waals surface area (Å²) in [7, 11) is 0. The highest BCUT2D eigenvalue weighted by atomic mass is 16.4. The molecule has 0 fully saturated rings. The predicted octanol–water partition coefficient (Wildman–Crippen LogP) is 19.9. The van der Waals surface area contributed by atoms with Crippen molar-refractivity contribution in [1.82, 2.24) is 30.6 Å². The molecule has 0 saturated heterocycles. The van der Waals surface area contributed by atoms with Gasteiger partial charge in [0.1, 0.15) is 0 Å². The van der Waals surface area contributed by atoms with Crippen molar-refractivity contribution in [3.8, 4) is 102 Å². The summed E-state index contributed by atoms with van der Waals surface area (Å²) in [6.07, 6.45) is 0. The van der Waals surface area contributed by atoms with Crippen LogP contribution in [0.5, 0.6) is 0 Å². The van der Waals surface area contributed by atoms with Gasteiger partial charge >= 0.3 is 0 Å². The zero-order chi connectivity index (χ0) is 54.6. The highest BCUT2D eigenvalue weighted by Gasteiger charge is 2.16. The third-order valence-electron chi connectivity index (χ3n) is 10.5. The highest BCUT2D eigenvalue weighted by Crippen LogP contribution is 2.36. The predicted molar refractivity (Wildman–Crippen MR) is 313 cm³/mol. The van der Waals surface area contributed by atoms with Crippen LogP contribution >= 0.6 is 0 Å². The van der Waals surface area contributed by atoms with Gasteiger partial charge in [0, 0.05) is 33.4 Å². The summed E-state index contributed by atoms with van der Waals surface area (Å²) in [5, 5.41) is 26.0. The topological polar surface area (TPSA) is 117 Å². The lowest BCUT2D eigenvalue weighted by Gasteiger charge is -2.12. The van der Waals surface area contributed by atoms with Crippen LogP contribution in [0.2, 0.25) is 0 Å². The fraction of sp³-hybridized carbons (Fsp3) is 0.262. The van der Waals surface area contributed by atoms with Gasteiger partial charge in [-0.1, -0.05) is 186 Å². The van der Waals surface area contributed by atoms with Crippen LogP contribution in [-0.4, -0.2) is 30.6 Å². The molecule has 0 unspecified atom stereocenters. The highest BCUT2D eigenvalue weighted by molar-refractivity contribution is 5.83. The van der Waals surface area contributed by atoms with E-state index in [-0.39, 0.29) is 0 Å². The van der Waals surface area contributed by atoms with Gasteiger partial charge in [-0.3, -0.25) is 0 Å². The molecule has 0 N–H and O–H groups in total. The van der Waals surface area contributed by atoms with Crippen LogP contribution in [0.15, 0.2) is 177 Å². The minimum Gasteiger partial charge on any atom is -0.416 e. The molecule has 0 bridgehead atoms. The van der Waals surface area contributed by atoms with E-state index in [4.69, 9.17) is 13.3 Å². The monoisotopic (exact) mass is 991 g/mol. The molecule has 0 aliphatic heterocycles. The first-order valence-electron chi connectivity index (χ1n) is 26.6. The summed E-state index contributed by atoms with van der Waals surface area (Å²) in [5.74, 6) is 2.85. The molecule has 3 heterocycles. The van der Waals surface area contributed by atoms with E-state index in [9.17, 15) is 0 Å². The van der Waals surface area contributed by atoms with Crippen LogP contribution in [0.25, 0.3) is 102 Å². The van der Waals surface area contributed by atoms with E-state index in [1.807, 2.05) is 206 Å². The van der Waals surface area contributed by atoms with Crippen molar-refractivity contribution in [2.75, 3.05) is 0 Å².